The number of nitrogens with one attached hydrogen (secondary N) is 1. The standard InChI is InChI=1S/C13H14FN3O2/c1-8(7-15)6-11(12(16)18)17-13(19)9-2-4-10(14)5-3-9/h2-5,8,11H,6H2,1H3,(H2,16,18)(H,17,19)/t8-,11+/m1/s1. The fourth-order valence-corrected chi connectivity index (χ4v) is 1.50. The fourth-order valence-electron chi connectivity index (χ4n) is 1.50. The molecule has 0 bridgehead atoms. The van der Waals surface area contributed by atoms with E-state index in [2.05, 4.69) is 5.32 Å². The molecular weight excluding hydrogens is 249 g/mol. The first-order valence-electron chi connectivity index (χ1n) is 5.69. The zero-order valence-electron chi connectivity index (χ0n) is 10.4. The maximum Gasteiger partial charge on any atom is 0.251 e. The molecule has 100 valence electrons. The summed E-state index contributed by atoms with van der Waals surface area (Å²) in [5, 5.41) is 11.1. The van der Waals surface area contributed by atoms with Gasteiger partial charge in [-0.2, -0.15) is 5.26 Å². The Morgan fingerprint density at radius 2 is 2.00 bits per heavy atom. The summed E-state index contributed by atoms with van der Waals surface area (Å²) < 4.78 is 12.7. The van der Waals surface area contributed by atoms with Gasteiger partial charge in [0.05, 0.1) is 6.07 Å². The molecule has 2 atom stereocenters. The maximum absolute atomic E-state index is 12.7. The first-order valence-corrected chi connectivity index (χ1v) is 5.69. The van der Waals surface area contributed by atoms with Crippen molar-refractivity contribution in [2.45, 2.75) is 19.4 Å². The monoisotopic (exact) mass is 263 g/mol. The number of nitrogens with two attached hydrogens (primary N) is 1. The molecule has 0 aliphatic carbocycles. The number of nitriles is 1. The molecule has 0 spiro atoms. The van der Waals surface area contributed by atoms with Gasteiger partial charge in [0.2, 0.25) is 5.91 Å². The van der Waals surface area contributed by atoms with Crippen LogP contribution in [0.1, 0.15) is 23.7 Å². The van der Waals surface area contributed by atoms with Crippen LogP contribution in [0.5, 0.6) is 0 Å². The molecule has 0 aliphatic rings. The number of primary amides is 1. The van der Waals surface area contributed by atoms with Crippen molar-refractivity contribution < 1.29 is 14.0 Å². The minimum atomic E-state index is -0.924. The van der Waals surface area contributed by atoms with E-state index < -0.39 is 29.6 Å². The van der Waals surface area contributed by atoms with Gasteiger partial charge in [-0.15, -0.1) is 0 Å². The van der Waals surface area contributed by atoms with Gasteiger partial charge in [0.25, 0.3) is 5.91 Å². The van der Waals surface area contributed by atoms with Crippen LogP contribution in [-0.4, -0.2) is 17.9 Å². The van der Waals surface area contributed by atoms with Crippen LogP contribution in [0.15, 0.2) is 24.3 Å². The van der Waals surface area contributed by atoms with E-state index in [-0.39, 0.29) is 12.0 Å². The highest BCUT2D eigenvalue weighted by atomic mass is 19.1. The summed E-state index contributed by atoms with van der Waals surface area (Å²) in [7, 11) is 0. The van der Waals surface area contributed by atoms with E-state index in [1.54, 1.807) is 6.92 Å². The average Bonchev–Trinajstić information content (AvgIpc) is 2.38. The Hall–Kier alpha value is -2.42. The van der Waals surface area contributed by atoms with Gasteiger partial charge in [-0.1, -0.05) is 0 Å². The second kappa shape index (κ2) is 6.50. The van der Waals surface area contributed by atoms with Gasteiger partial charge in [-0.3, -0.25) is 9.59 Å². The van der Waals surface area contributed by atoms with E-state index in [9.17, 15) is 14.0 Å². The van der Waals surface area contributed by atoms with Gasteiger partial charge in [-0.25, -0.2) is 4.39 Å². The van der Waals surface area contributed by atoms with E-state index in [0.717, 1.165) is 12.1 Å². The Balaban J connectivity index is 2.74. The lowest BCUT2D eigenvalue weighted by atomic mass is 10.0. The summed E-state index contributed by atoms with van der Waals surface area (Å²) in [5.41, 5.74) is 5.39. The number of halogens is 1. The van der Waals surface area contributed by atoms with Crippen LogP contribution in [0, 0.1) is 23.1 Å². The number of carbonyl (C=O) groups excluding carboxylic acids is 2. The number of hydrogen-bond donors (Lipinski definition) is 2. The highest BCUT2D eigenvalue weighted by molar-refractivity contribution is 5.97. The molecule has 1 aromatic rings. The van der Waals surface area contributed by atoms with Gasteiger partial charge in [0.1, 0.15) is 11.9 Å². The zero-order valence-corrected chi connectivity index (χ0v) is 10.4. The highest BCUT2D eigenvalue weighted by Gasteiger charge is 2.21. The molecule has 3 N–H and O–H groups in total. The molecule has 19 heavy (non-hydrogen) atoms. The third-order valence-electron chi connectivity index (χ3n) is 2.56. The van der Waals surface area contributed by atoms with Crippen LogP contribution in [0.3, 0.4) is 0 Å². The molecule has 0 saturated carbocycles. The molecule has 6 heteroatoms. The highest BCUT2D eigenvalue weighted by Crippen LogP contribution is 2.07. The van der Waals surface area contributed by atoms with Gasteiger partial charge < -0.3 is 11.1 Å². The lowest BCUT2D eigenvalue weighted by Crippen LogP contribution is -2.45. The molecule has 0 saturated heterocycles. The molecule has 0 heterocycles. The maximum atomic E-state index is 12.7. The van der Waals surface area contributed by atoms with Crippen LogP contribution in [0.2, 0.25) is 0 Å². The van der Waals surface area contributed by atoms with Gasteiger partial charge in [0, 0.05) is 11.5 Å². The normalized spacial score (nSPS) is 13.1. The van der Waals surface area contributed by atoms with E-state index in [4.69, 9.17) is 11.0 Å². The summed E-state index contributed by atoms with van der Waals surface area (Å²) in [6, 6.07) is 5.93. The lowest BCUT2D eigenvalue weighted by molar-refractivity contribution is -0.120. The van der Waals surface area contributed by atoms with Gasteiger partial charge in [-0.05, 0) is 37.6 Å². The molecule has 1 rings (SSSR count). The number of benzene rings is 1. The van der Waals surface area contributed by atoms with E-state index >= 15 is 0 Å². The molecule has 0 aromatic heterocycles. The minimum absolute atomic E-state index is 0.138. The Bertz CT molecular complexity index is 508. The van der Waals surface area contributed by atoms with E-state index in [1.165, 1.54) is 12.1 Å². The number of nitrogens with zero attached hydrogens (tertiary/aromatic N) is 1. The smallest absolute Gasteiger partial charge is 0.251 e. The third kappa shape index (κ3) is 4.39. The van der Waals surface area contributed by atoms with Crippen molar-refractivity contribution in [2.24, 2.45) is 11.7 Å². The zero-order chi connectivity index (χ0) is 14.4. The molecule has 2 amide bonds. The number of rotatable bonds is 5. The first-order chi connectivity index (χ1) is 8.93. The molecule has 1 aromatic carbocycles. The van der Waals surface area contributed by atoms with Crippen LogP contribution >= 0.6 is 0 Å². The van der Waals surface area contributed by atoms with Crippen LogP contribution < -0.4 is 11.1 Å². The average molecular weight is 263 g/mol. The Labute approximate surface area is 110 Å². The van der Waals surface area contributed by atoms with Crippen molar-refractivity contribution in [1.82, 2.24) is 5.32 Å². The first kappa shape index (κ1) is 14.6. The molecule has 0 radical (unpaired) electrons. The van der Waals surface area contributed by atoms with E-state index in [1.807, 2.05) is 6.07 Å². The van der Waals surface area contributed by atoms with Crippen molar-refractivity contribution >= 4 is 11.8 Å². The summed E-state index contributed by atoms with van der Waals surface area (Å²) in [6.07, 6.45) is 0.138. The number of hydrogen-bond acceptors (Lipinski definition) is 3. The third-order valence-corrected chi connectivity index (χ3v) is 2.56. The topological polar surface area (TPSA) is 96.0 Å². The molecule has 0 aliphatic heterocycles. The molecular formula is C13H14FN3O2. The van der Waals surface area contributed by atoms with Crippen molar-refractivity contribution in [3.63, 3.8) is 0 Å². The van der Waals surface area contributed by atoms with Crippen molar-refractivity contribution in [2.75, 3.05) is 0 Å². The Morgan fingerprint density at radius 1 is 1.42 bits per heavy atom. The van der Waals surface area contributed by atoms with E-state index in [0.29, 0.717) is 0 Å². The summed E-state index contributed by atoms with van der Waals surface area (Å²) in [5.74, 6) is -2.11. The van der Waals surface area contributed by atoms with Gasteiger partial charge in [0.15, 0.2) is 0 Å². The van der Waals surface area contributed by atoms with Crippen molar-refractivity contribution in [3.05, 3.63) is 35.6 Å². The van der Waals surface area contributed by atoms with Crippen molar-refractivity contribution in [1.29, 1.82) is 5.26 Å². The second-order valence-electron chi connectivity index (χ2n) is 4.20. The molecule has 0 fully saturated rings. The summed E-state index contributed by atoms with van der Waals surface area (Å²) >= 11 is 0. The van der Waals surface area contributed by atoms with Crippen LogP contribution in [-0.2, 0) is 4.79 Å². The minimum Gasteiger partial charge on any atom is -0.368 e. The fraction of sp³-hybridized carbons (Fsp3) is 0.308. The predicted molar refractivity (Wildman–Crippen MR) is 66.2 cm³/mol. The molecule has 0 unspecified atom stereocenters. The van der Waals surface area contributed by atoms with Crippen LogP contribution in [0.25, 0.3) is 0 Å². The largest absolute Gasteiger partial charge is 0.368 e. The SMILES string of the molecule is C[C@@H](C#N)C[C@H](NC(=O)c1ccc(F)cc1)C(N)=O. The summed E-state index contributed by atoms with van der Waals surface area (Å²) in [4.78, 5) is 23.0. The Kier molecular flexibility index (Phi) is 5.01. The van der Waals surface area contributed by atoms with Crippen LogP contribution in [0.4, 0.5) is 4.39 Å². The lowest BCUT2D eigenvalue weighted by Gasteiger charge is -2.16. The van der Waals surface area contributed by atoms with Gasteiger partial charge >= 0.3 is 0 Å². The summed E-state index contributed by atoms with van der Waals surface area (Å²) in [6.45, 7) is 1.62. The predicted octanol–water partition coefficient (Wildman–Crippen LogP) is 0.959. The number of amides is 2. The Morgan fingerprint density at radius 3 is 2.47 bits per heavy atom. The quantitative estimate of drug-likeness (QED) is 0.828. The molecule has 5 nitrogen and oxygen atoms in total. The number of carbonyl (C=O) groups is 2. The van der Waals surface area contributed by atoms with Crippen molar-refractivity contribution in [3.8, 4) is 6.07 Å². The second-order valence-corrected chi connectivity index (χ2v) is 4.20.